The third-order valence-electron chi connectivity index (χ3n) is 3.66. The Hall–Kier alpha value is -2.49. The molecule has 21 heavy (non-hydrogen) atoms. The molecule has 4 heteroatoms. The number of aryl methyl sites for hydroxylation is 2. The highest BCUT2D eigenvalue weighted by Gasteiger charge is 2.18. The Morgan fingerprint density at radius 1 is 1.00 bits per heavy atom. The number of ketones is 1. The van der Waals surface area contributed by atoms with E-state index in [1.54, 1.807) is 24.3 Å². The van der Waals surface area contributed by atoms with E-state index in [4.69, 9.17) is 15.2 Å². The first-order chi connectivity index (χ1) is 10.1. The van der Waals surface area contributed by atoms with E-state index in [0.29, 0.717) is 41.5 Å². The van der Waals surface area contributed by atoms with Gasteiger partial charge in [-0.15, -0.1) is 0 Å². The second kappa shape index (κ2) is 5.13. The standard InChI is InChI=1S/C17H17NO3/c1-10-7-11(2)14(18)9-13(10)17(19)12-3-4-15-16(8-12)21-6-5-20-15/h3-4,7-9H,5-6,18H2,1-2H3. The lowest BCUT2D eigenvalue weighted by Gasteiger charge is -2.18. The van der Waals surface area contributed by atoms with Crippen molar-refractivity contribution < 1.29 is 14.3 Å². The highest BCUT2D eigenvalue weighted by atomic mass is 16.6. The van der Waals surface area contributed by atoms with Gasteiger partial charge in [0.15, 0.2) is 17.3 Å². The maximum atomic E-state index is 12.7. The van der Waals surface area contributed by atoms with Crippen molar-refractivity contribution >= 4 is 11.5 Å². The van der Waals surface area contributed by atoms with Crippen molar-refractivity contribution in [1.29, 1.82) is 0 Å². The van der Waals surface area contributed by atoms with Crippen molar-refractivity contribution in [3.63, 3.8) is 0 Å². The molecule has 0 radical (unpaired) electrons. The lowest BCUT2D eigenvalue weighted by Crippen LogP contribution is -2.16. The molecule has 0 bridgehead atoms. The molecule has 0 spiro atoms. The summed E-state index contributed by atoms with van der Waals surface area (Å²) in [7, 11) is 0. The van der Waals surface area contributed by atoms with Crippen molar-refractivity contribution in [3.05, 3.63) is 52.6 Å². The van der Waals surface area contributed by atoms with E-state index in [-0.39, 0.29) is 5.78 Å². The number of nitrogens with two attached hydrogens (primary N) is 1. The highest BCUT2D eigenvalue weighted by molar-refractivity contribution is 6.10. The number of carbonyl (C=O) groups excluding carboxylic acids is 1. The summed E-state index contributed by atoms with van der Waals surface area (Å²) in [6.45, 7) is 4.88. The summed E-state index contributed by atoms with van der Waals surface area (Å²) in [6, 6.07) is 8.93. The van der Waals surface area contributed by atoms with Gasteiger partial charge in [0.25, 0.3) is 0 Å². The second-order valence-corrected chi connectivity index (χ2v) is 5.21. The zero-order chi connectivity index (χ0) is 15.0. The Balaban J connectivity index is 2.01. The van der Waals surface area contributed by atoms with E-state index in [9.17, 15) is 4.79 Å². The fourth-order valence-corrected chi connectivity index (χ4v) is 2.45. The van der Waals surface area contributed by atoms with Crippen molar-refractivity contribution in [2.75, 3.05) is 18.9 Å². The van der Waals surface area contributed by atoms with Gasteiger partial charge in [0.2, 0.25) is 0 Å². The number of carbonyl (C=O) groups is 1. The zero-order valence-electron chi connectivity index (χ0n) is 12.1. The lowest BCUT2D eigenvalue weighted by molar-refractivity contribution is 0.103. The molecule has 4 nitrogen and oxygen atoms in total. The summed E-state index contributed by atoms with van der Waals surface area (Å²) in [4.78, 5) is 12.7. The largest absolute Gasteiger partial charge is 0.486 e. The average Bonchev–Trinajstić information content (AvgIpc) is 2.50. The summed E-state index contributed by atoms with van der Waals surface area (Å²) >= 11 is 0. The Kier molecular flexibility index (Phi) is 3.29. The van der Waals surface area contributed by atoms with Gasteiger partial charge in [0.1, 0.15) is 13.2 Å². The minimum absolute atomic E-state index is 0.0591. The van der Waals surface area contributed by atoms with E-state index in [1.165, 1.54) is 0 Å². The number of nitrogen functional groups attached to an aromatic ring is 1. The molecule has 0 atom stereocenters. The van der Waals surface area contributed by atoms with Gasteiger partial charge in [-0.25, -0.2) is 0 Å². The van der Waals surface area contributed by atoms with Crippen LogP contribution in [-0.4, -0.2) is 19.0 Å². The molecule has 108 valence electrons. The van der Waals surface area contributed by atoms with Gasteiger partial charge >= 0.3 is 0 Å². The molecule has 0 amide bonds. The number of benzene rings is 2. The van der Waals surface area contributed by atoms with Crippen LogP contribution in [0.2, 0.25) is 0 Å². The van der Waals surface area contributed by atoms with Crippen LogP contribution in [0.3, 0.4) is 0 Å². The molecule has 3 rings (SSSR count). The number of anilines is 1. The fraction of sp³-hybridized carbons (Fsp3) is 0.235. The van der Waals surface area contributed by atoms with E-state index < -0.39 is 0 Å². The topological polar surface area (TPSA) is 61.5 Å². The Morgan fingerprint density at radius 2 is 1.71 bits per heavy atom. The molecule has 2 aromatic rings. The Morgan fingerprint density at radius 3 is 2.48 bits per heavy atom. The number of fused-ring (bicyclic) bond motifs is 1. The molecule has 2 aromatic carbocycles. The Labute approximate surface area is 123 Å². The summed E-state index contributed by atoms with van der Waals surface area (Å²) in [5.74, 6) is 1.24. The molecule has 0 saturated heterocycles. The fourth-order valence-electron chi connectivity index (χ4n) is 2.45. The van der Waals surface area contributed by atoms with Crippen LogP contribution < -0.4 is 15.2 Å². The maximum absolute atomic E-state index is 12.7. The van der Waals surface area contributed by atoms with E-state index >= 15 is 0 Å². The molecule has 1 heterocycles. The molecule has 0 unspecified atom stereocenters. The van der Waals surface area contributed by atoms with Crippen LogP contribution in [0.4, 0.5) is 5.69 Å². The summed E-state index contributed by atoms with van der Waals surface area (Å²) in [5.41, 5.74) is 9.64. The van der Waals surface area contributed by atoms with E-state index in [1.807, 2.05) is 19.9 Å². The van der Waals surface area contributed by atoms with Crippen LogP contribution in [0.15, 0.2) is 30.3 Å². The van der Waals surface area contributed by atoms with Crippen LogP contribution in [0.1, 0.15) is 27.0 Å². The zero-order valence-corrected chi connectivity index (χ0v) is 12.1. The van der Waals surface area contributed by atoms with Crippen LogP contribution in [0, 0.1) is 13.8 Å². The molecule has 2 N–H and O–H groups in total. The Bertz CT molecular complexity index is 722. The summed E-state index contributed by atoms with van der Waals surface area (Å²) in [6.07, 6.45) is 0. The minimum atomic E-state index is -0.0591. The van der Waals surface area contributed by atoms with E-state index in [2.05, 4.69) is 0 Å². The smallest absolute Gasteiger partial charge is 0.193 e. The van der Waals surface area contributed by atoms with E-state index in [0.717, 1.165) is 11.1 Å². The molecule has 0 aromatic heterocycles. The normalized spacial score (nSPS) is 13.0. The van der Waals surface area contributed by atoms with Gasteiger partial charge in [0.05, 0.1) is 0 Å². The second-order valence-electron chi connectivity index (χ2n) is 5.21. The average molecular weight is 283 g/mol. The van der Waals surface area contributed by atoms with Gasteiger partial charge in [-0.2, -0.15) is 0 Å². The lowest BCUT2D eigenvalue weighted by atomic mass is 9.96. The van der Waals surface area contributed by atoms with Crippen molar-refractivity contribution in [1.82, 2.24) is 0 Å². The number of hydrogen-bond donors (Lipinski definition) is 1. The third kappa shape index (κ3) is 2.44. The molecule has 1 aliphatic heterocycles. The molecular formula is C17H17NO3. The highest BCUT2D eigenvalue weighted by Crippen LogP contribution is 2.32. The van der Waals surface area contributed by atoms with Crippen LogP contribution in [0.25, 0.3) is 0 Å². The first kappa shape index (κ1) is 13.5. The minimum Gasteiger partial charge on any atom is -0.486 e. The summed E-state index contributed by atoms with van der Waals surface area (Å²) in [5, 5.41) is 0. The van der Waals surface area contributed by atoms with Gasteiger partial charge in [-0.1, -0.05) is 6.07 Å². The summed E-state index contributed by atoms with van der Waals surface area (Å²) < 4.78 is 11.0. The SMILES string of the molecule is Cc1cc(C)c(C(=O)c2ccc3c(c2)OCCO3)cc1N. The number of hydrogen-bond acceptors (Lipinski definition) is 4. The number of rotatable bonds is 2. The number of ether oxygens (including phenoxy) is 2. The van der Waals surface area contributed by atoms with Gasteiger partial charge in [-0.3, -0.25) is 4.79 Å². The molecule has 0 aliphatic carbocycles. The quantitative estimate of drug-likeness (QED) is 0.680. The predicted molar refractivity (Wildman–Crippen MR) is 81.2 cm³/mol. The van der Waals surface area contributed by atoms with Crippen molar-refractivity contribution in [2.45, 2.75) is 13.8 Å². The first-order valence-electron chi connectivity index (χ1n) is 6.87. The molecule has 0 fully saturated rings. The maximum Gasteiger partial charge on any atom is 0.193 e. The van der Waals surface area contributed by atoms with Gasteiger partial charge in [0, 0.05) is 16.8 Å². The predicted octanol–water partition coefficient (Wildman–Crippen LogP) is 2.89. The van der Waals surface area contributed by atoms with Crippen LogP contribution >= 0.6 is 0 Å². The van der Waals surface area contributed by atoms with Gasteiger partial charge < -0.3 is 15.2 Å². The van der Waals surface area contributed by atoms with Crippen molar-refractivity contribution in [2.24, 2.45) is 0 Å². The molecule has 0 saturated carbocycles. The van der Waals surface area contributed by atoms with Crippen LogP contribution in [-0.2, 0) is 0 Å². The molecular weight excluding hydrogens is 266 g/mol. The van der Waals surface area contributed by atoms with Gasteiger partial charge in [-0.05, 0) is 49.2 Å². The van der Waals surface area contributed by atoms with Crippen LogP contribution in [0.5, 0.6) is 11.5 Å². The third-order valence-corrected chi connectivity index (χ3v) is 3.66. The molecule has 1 aliphatic rings. The first-order valence-corrected chi connectivity index (χ1v) is 6.87. The van der Waals surface area contributed by atoms with Crippen molar-refractivity contribution in [3.8, 4) is 11.5 Å². The monoisotopic (exact) mass is 283 g/mol.